The van der Waals surface area contributed by atoms with Crippen molar-refractivity contribution in [3.63, 3.8) is 0 Å². The minimum Gasteiger partial charge on any atom is -0.330 e. The molecule has 1 fully saturated rings. The molecule has 2 rings (SSSR count). The first-order valence-electron chi connectivity index (χ1n) is 5.14. The lowest BCUT2D eigenvalue weighted by Gasteiger charge is -2.15. The number of hydrogen-bond donors (Lipinski definition) is 0. The van der Waals surface area contributed by atoms with Gasteiger partial charge in [-0.05, 0) is 12.8 Å². The maximum absolute atomic E-state index is 11.5. The highest BCUT2D eigenvalue weighted by Gasteiger charge is 2.26. The fraction of sp³-hybridized carbons (Fsp3) is 0.500. The van der Waals surface area contributed by atoms with Gasteiger partial charge in [-0.3, -0.25) is 0 Å². The highest BCUT2D eigenvalue weighted by atomic mass is 32.2. The van der Waals surface area contributed by atoms with Crippen LogP contribution in [0.25, 0.3) is 0 Å². The largest absolute Gasteiger partial charge is 0.330 e. The summed E-state index contributed by atoms with van der Waals surface area (Å²) in [5, 5.41) is 0.963. The zero-order valence-corrected chi connectivity index (χ0v) is 10.0. The van der Waals surface area contributed by atoms with E-state index < -0.39 is 10.0 Å². The van der Waals surface area contributed by atoms with Crippen LogP contribution in [0, 0.1) is 0 Å². The molecular formula is C10H15N3O2S. The lowest BCUT2D eigenvalue weighted by atomic mass is 10.4. The zero-order valence-electron chi connectivity index (χ0n) is 9.20. The summed E-state index contributed by atoms with van der Waals surface area (Å²) in [5.41, 5.74) is 0.926. The van der Waals surface area contributed by atoms with Crippen LogP contribution in [-0.4, -0.2) is 29.3 Å². The number of hydrogen-bond acceptors (Lipinski definition) is 3. The normalized spacial score (nSPS) is 16.6. The zero-order chi connectivity index (χ0) is 11.8. The van der Waals surface area contributed by atoms with Crippen LogP contribution >= 0.6 is 0 Å². The minimum atomic E-state index is -3.34. The SMILES string of the molecule is C=CS(=O)(=O)N(C)Cc1cncn1C1CC1. The summed E-state index contributed by atoms with van der Waals surface area (Å²) < 4.78 is 26.3. The average Bonchev–Trinajstić information content (AvgIpc) is 3.00. The molecule has 0 atom stereocenters. The predicted molar refractivity (Wildman–Crippen MR) is 61.1 cm³/mol. The van der Waals surface area contributed by atoms with Crippen molar-refractivity contribution in [3.8, 4) is 0 Å². The van der Waals surface area contributed by atoms with Crippen molar-refractivity contribution in [2.45, 2.75) is 25.4 Å². The van der Waals surface area contributed by atoms with Crippen LogP contribution in [0.15, 0.2) is 24.5 Å². The first-order valence-corrected chi connectivity index (χ1v) is 6.64. The number of imidazole rings is 1. The minimum absolute atomic E-state index is 0.338. The monoisotopic (exact) mass is 241 g/mol. The molecule has 0 bridgehead atoms. The van der Waals surface area contributed by atoms with Crippen molar-refractivity contribution in [1.29, 1.82) is 0 Å². The lowest BCUT2D eigenvalue weighted by Crippen LogP contribution is -2.25. The number of sulfonamides is 1. The van der Waals surface area contributed by atoms with Crippen molar-refractivity contribution in [3.05, 3.63) is 30.2 Å². The van der Waals surface area contributed by atoms with Gasteiger partial charge >= 0.3 is 0 Å². The fourth-order valence-electron chi connectivity index (χ4n) is 1.58. The summed E-state index contributed by atoms with van der Waals surface area (Å²) in [6.45, 7) is 3.64. The lowest BCUT2D eigenvalue weighted by molar-refractivity contribution is 0.460. The Bertz CT molecular complexity index is 488. The molecule has 1 aliphatic rings. The Kier molecular flexibility index (Phi) is 2.86. The van der Waals surface area contributed by atoms with E-state index in [0.717, 1.165) is 23.9 Å². The van der Waals surface area contributed by atoms with E-state index in [-0.39, 0.29) is 0 Å². The third-order valence-electron chi connectivity index (χ3n) is 2.72. The quantitative estimate of drug-likeness (QED) is 0.776. The van der Waals surface area contributed by atoms with E-state index in [1.165, 1.54) is 4.31 Å². The molecule has 1 saturated carbocycles. The molecular weight excluding hydrogens is 226 g/mol. The smallest absolute Gasteiger partial charge is 0.235 e. The molecule has 0 unspecified atom stereocenters. The van der Waals surface area contributed by atoms with Gasteiger partial charge in [0, 0.05) is 24.7 Å². The van der Waals surface area contributed by atoms with E-state index in [1.807, 2.05) is 0 Å². The van der Waals surface area contributed by atoms with E-state index in [1.54, 1.807) is 19.6 Å². The molecule has 0 aromatic carbocycles. The van der Waals surface area contributed by atoms with Crippen LogP contribution in [0.4, 0.5) is 0 Å². The summed E-state index contributed by atoms with van der Waals surface area (Å²) in [7, 11) is -1.80. The molecule has 1 aromatic heterocycles. The highest BCUT2D eigenvalue weighted by molar-refractivity contribution is 7.91. The number of nitrogens with zero attached hydrogens (tertiary/aromatic N) is 3. The Labute approximate surface area is 95.4 Å². The van der Waals surface area contributed by atoms with E-state index in [4.69, 9.17) is 0 Å². The summed E-state index contributed by atoms with van der Waals surface area (Å²) in [6.07, 6.45) is 5.79. The van der Waals surface area contributed by atoms with Crippen molar-refractivity contribution in [2.24, 2.45) is 0 Å². The molecule has 6 heteroatoms. The van der Waals surface area contributed by atoms with E-state index >= 15 is 0 Å². The third-order valence-corrected chi connectivity index (χ3v) is 4.14. The van der Waals surface area contributed by atoms with Gasteiger partial charge in [-0.2, -0.15) is 4.31 Å². The van der Waals surface area contributed by atoms with Crippen molar-refractivity contribution < 1.29 is 8.42 Å². The van der Waals surface area contributed by atoms with Crippen LogP contribution in [0.1, 0.15) is 24.6 Å². The second kappa shape index (κ2) is 4.03. The Hall–Kier alpha value is -1.14. The maximum atomic E-state index is 11.5. The second-order valence-corrected chi connectivity index (χ2v) is 5.98. The number of rotatable bonds is 5. The van der Waals surface area contributed by atoms with Gasteiger partial charge in [0.1, 0.15) is 0 Å². The van der Waals surface area contributed by atoms with Crippen LogP contribution in [0.2, 0.25) is 0 Å². The van der Waals surface area contributed by atoms with E-state index in [9.17, 15) is 8.42 Å². The van der Waals surface area contributed by atoms with Crippen LogP contribution in [0.5, 0.6) is 0 Å². The summed E-state index contributed by atoms with van der Waals surface area (Å²) >= 11 is 0. The molecule has 0 spiro atoms. The average molecular weight is 241 g/mol. The molecule has 1 aromatic rings. The van der Waals surface area contributed by atoms with Crippen LogP contribution in [-0.2, 0) is 16.6 Å². The Morgan fingerprint density at radius 3 is 2.94 bits per heavy atom. The molecule has 88 valence electrons. The first kappa shape index (κ1) is 11.3. The van der Waals surface area contributed by atoms with Crippen molar-refractivity contribution >= 4 is 10.0 Å². The maximum Gasteiger partial charge on any atom is 0.235 e. The van der Waals surface area contributed by atoms with Crippen molar-refractivity contribution in [2.75, 3.05) is 7.05 Å². The van der Waals surface area contributed by atoms with Crippen LogP contribution < -0.4 is 0 Å². The first-order chi connectivity index (χ1) is 7.54. The van der Waals surface area contributed by atoms with Crippen LogP contribution in [0.3, 0.4) is 0 Å². The standard InChI is InChI=1S/C10H15N3O2S/c1-3-16(14,15)12(2)7-10-6-11-8-13(10)9-4-5-9/h3,6,8-9H,1,4-5,7H2,2H3. The van der Waals surface area contributed by atoms with Gasteiger partial charge in [0.2, 0.25) is 10.0 Å². The van der Waals surface area contributed by atoms with Crippen molar-refractivity contribution in [1.82, 2.24) is 13.9 Å². The second-order valence-electron chi connectivity index (χ2n) is 3.99. The Morgan fingerprint density at radius 1 is 1.69 bits per heavy atom. The summed E-state index contributed by atoms with van der Waals surface area (Å²) in [4.78, 5) is 4.06. The molecule has 0 saturated heterocycles. The molecule has 0 aliphatic heterocycles. The molecule has 0 N–H and O–H groups in total. The van der Waals surface area contributed by atoms with Gasteiger partial charge in [0.05, 0.1) is 18.6 Å². The molecule has 1 heterocycles. The molecule has 16 heavy (non-hydrogen) atoms. The van der Waals surface area contributed by atoms with Gasteiger partial charge in [-0.25, -0.2) is 13.4 Å². The van der Waals surface area contributed by atoms with E-state index in [0.29, 0.717) is 12.6 Å². The Morgan fingerprint density at radius 2 is 2.38 bits per heavy atom. The topological polar surface area (TPSA) is 55.2 Å². The fourth-order valence-corrected chi connectivity index (χ4v) is 2.15. The van der Waals surface area contributed by atoms with E-state index in [2.05, 4.69) is 16.1 Å². The van der Waals surface area contributed by atoms with Gasteiger partial charge in [0.15, 0.2) is 0 Å². The number of aromatic nitrogens is 2. The third kappa shape index (κ3) is 2.17. The molecule has 5 nitrogen and oxygen atoms in total. The highest BCUT2D eigenvalue weighted by Crippen LogP contribution is 2.35. The predicted octanol–water partition coefficient (Wildman–Crippen LogP) is 1.12. The van der Waals surface area contributed by atoms with Gasteiger partial charge < -0.3 is 4.57 Å². The van der Waals surface area contributed by atoms with Gasteiger partial charge in [-0.15, -0.1) is 0 Å². The molecule has 1 aliphatic carbocycles. The molecule has 0 amide bonds. The molecule has 0 radical (unpaired) electrons. The van der Waals surface area contributed by atoms with Gasteiger partial charge in [-0.1, -0.05) is 6.58 Å². The Balaban J connectivity index is 2.14. The van der Waals surface area contributed by atoms with Gasteiger partial charge in [0.25, 0.3) is 0 Å². The summed E-state index contributed by atoms with van der Waals surface area (Å²) in [5.74, 6) is 0. The summed E-state index contributed by atoms with van der Waals surface area (Å²) in [6, 6.07) is 0.511.